The molecule has 130 valence electrons. The molecule has 0 radical (unpaired) electrons. The quantitative estimate of drug-likeness (QED) is 0.895. The van der Waals surface area contributed by atoms with Gasteiger partial charge in [0.15, 0.2) is 0 Å². The van der Waals surface area contributed by atoms with E-state index in [1.165, 1.54) is 10.3 Å². The summed E-state index contributed by atoms with van der Waals surface area (Å²) in [6.45, 7) is 2.18. The summed E-state index contributed by atoms with van der Waals surface area (Å²) >= 11 is 2.29. The van der Waals surface area contributed by atoms with E-state index in [0.29, 0.717) is 30.0 Å². The van der Waals surface area contributed by atoms with Gasteiger partial charge in [0.05, 0.1) is 6.42 Å². The molecule has 0 saturated carbocycles. The van der Waals surface area contributed by atoms with E-state index in [1.54, 1.807) is 18.3 Å². The minimum atomic E-state index is -4.98. The number of nitrogens with zero attached hydrogens (tertiary/aromatic N) is 2. The monoisotopic (exact) mass is 376 g/mol. The predicted molar refractivity (Wildman–Crippen MR) is 84.9 cm³/mol. The van der Waals surface area contributed by atoms with Crippen LogP contribution in [0.4, 0.5) is 13.2 Å². The van der Waals surface area contributed by atoms with Gasteiger partial charge in [0.2, 0.25) is 11.5 Å². The lowest BCUT2D eigenvalue weighted by Gasteiger charge is -2.32. The van der Waals surface area contributed by atoms with Crippen molar-refractivity contribution in [3.05, 3.63) is 38.0 Å². The van der Waals surface area contributed by atoms with Crippen LogP contribution in [0.15, 0.2) is 16.8 Å². The zero-order valence-corrected chi connectivity index (χ0v) is 14.4. The van der Waals surface area contributed by atoms with Gasteiger partial charge in [-0.3, -0.25) is 4.79 Å². The number of fused-ring (bicyclic) bond motifs is 1. The highest BCUT2D eigenvalue weighted by Gasteiger charge is 2.58. The molecular formula is C15H15F3N2O2S2. The van der Waals surface area contributed by atoms with Crippen molar-refractivity contribution >= 4 is 28.6 Å². The molecule has 2 aromatic rings. The number of hydrogen-bond donors (Lipinski definition) is 1. The number of aryl methyl sites for hydroxylation is 1. The van der Waals surface area contributed by atoms with Crippen LogP contribution in [-0.2, 0) is 23.4 Å². The lowest BCUT2D eigenvalue weighted by molar-refractivity contribution is -0.268. The van der Waals surface area contributed by atoms with Crippen LogP contribution in [0.5, 0.6) is 0 Å². The van der Waals surface area contributed by atoms with Crippen LogP contribution < -0.4 is 0 Å². The van der Waals surface area contributed by atoms with Crippen LogP contribution in [0.25, 0.3) is 0 Å². The molecule has 1 amide bonds. The number of thiophene rings is 1. The molecule has 0 fully saturated rings. The van der Waals surface area contributed by atoms with Crippen LogP contribution >= 0.6 is 22.7 Å². The first-order valence-electron chi connectivity index (χ1n) is 7.25. The first-order chi connectivity index (χ1) is 11.2. The Morgan fingerprint density at radius 2 is 2.17 bits per heavy atom. The third-order valence-corrected chi connectivity index (χ3v) is 6.14. The van der Waals surface area contributed by atoms with Gasteiger partial charge in [0.25, 0.3) is 0 Å². The van der Waals surface area contributed by atoms with E-state index in [4.69, 9.17) is 0 Å². The summed E-state index contributed by atoms with van der Waals surface area (Å²) in [6.07, 6.45) is -5.40. The van der Waals surface area contributed by atoms with Gasteiger partial charge in [-0.15, -0.1) is 22.7 Å². The third kappa shape index (κ3) is 3.07. The molecule has 0 saturated heterocycles. The Morgan fingerprint density at radius 1 is 1.42 bits per heavy atom. The Kier molecular flexibility index (Phi) is 4.43. The van der Waals surface area contributed by atoms with E-state index in [1.807, 2.05) is 11.4 Å². The maximum atomic E-state index is 13.5. The Morgan fingerprint density at radius 3 is 2.79 bits per heavy atom. The minimum Gasteiger partial charge on any atom is -0.374 e. The lowest BCUT2D eigenvalue weighted by atomic mass is 9.98. The number of halogens is 3. The number of alkyl halides is 3. The molecule has 0 bridgehead atoms. The second-order valence-corrected chi connectivity index (χ2v) is 7.62. The average molecular weight is 376 g/mol. The fourth-order valence-electron chi connectivity index (χ4n) is 2.63. The van der Waals surface area contributed by atoms with Gasteiger partial charge in [-0.1, -0.05) is 0 Å². The summed E-state index contributed by atoms with van der Waals surface area (Å²) in [4.78, 5) is 18.7. The molecule has 3 rings (SSSR count). The van der Waals surface area contributed by atoms with E-state index in [-0.39, 0.29) is 6.54 Å². The third-order valence-electron chi connectivity index (χ3n) is 4.01. The number of rotatable bonds is 3. The molecule has 3 heterocycles. The molecule has 0 aliphatic carbocycles. The van der Waals surface area contributed by atoms with E-state index >= 15 is 0 Å². The Balaban J connectivity index is 1.82. The van der Waals surface area contributed by atoms with Gasteiger partial charge in [-0.25, -0.2) is 4.98 Å². The van der Waals surface area contributed by atoms with E-state index in [0.717, 1.165) is 10.4 Å². The Labute approximate surface area is 144 Å². The van der Waals surface area contributed by atoms with Gasteiger partial charge in [0, 0.05) is 29.0 Å². The smallest absolute Gasteiger partial charge is 0.374 e. The molecule has 0 unspecified atom stereocenters. The molecule has 2 aromatic heterocycles. The Bertz CT molecular complexity index is 756. The van der Waals surface area contributed by atoms with Gasteiger partial charge in [-0.05, 0) is 30.4 Å². The molecule has 1 aliphatic rings. The molecule has 24 heavy (non-hydrogen) atoms. The minimum absolute atomic E-state index is 0.280. The number of carbonyl (C=O) groups excluding carboxylic acids is 1. The summed E-state index contributed by atoms with van der Waals surface area (Å²) < 4.78 is 40.4. The van der Waals surface area contributed by atoms with Crippen LogP contribution in [0, 0.1) is 6.92 Å². The molecule has 4 nitrogen and oxygen atoms in total. The summed E-state index contributed by atoms with van der Waals surface area (Å²) in [7, 11) is 0. The van der Waals surface area contributed by atoms with Gasteiger partial charge in [-0.2, -0.15) is 13.2 Å². The molecule has 9 heteroatoms. The van der Waals surface area contributed by atoms with Crippen molar-refractivity contribution in [1.82, 2.24) is 9.88 Å². The van der Waals surface area contributed by atoms with Crippen molar-refractivity contribution in [2.75, 3.05) is 6.54 Å². The van der Waals surface area contributed by atoms with Gasteiger partial charge < -0.3 is 10.0 Å². The summed E-state index contributed by atoms with van der Waals surface area (Å²) in [6, 6.07) is 1.87. The maximum Gasteiger partial charge on any atom is 0.424 e. The molecule has 1 atom stereocenters. The molecule has 0 aromatic carbocycles. The van der Waals surface area contributed by atoms with Crippen LogP contribution in [0.2, 0.25) is 0 Å². The number of aliphatic hydroxyl groups is 1. The second-order valence-electron chi connectivity index (χ2n) is 5.76. The van der Waals surface area contributed by atoms with E-state index < -0.39 is 29.1 Å². The standard InChI is InChI=1S/C15H15F3N2O2S2/c1-9-8-24-13(19-9)14(22,15(16,17)18)6-12(21)20-4-2-11-10(7-20)3-5-23-11/h3,5,8,22H,2,4,6-7H2,1H3/t14-/m0/s1. The number of aromatic nitrogens is 1. The van der Waals surface area contributed by atoms with Crippen molar-refractivity contribution in [2.24, 2.45) is 0 Å². The summed E-state index contributed by atoms with van der Waals surface area (Å²) in [5.74, 6) is -0.723. The van der Waals surface area contributed by atoms with Crippen LogP contribution in [0.3, 0.4) is 0 Å². The molecular weight excluding hydrogens is 361 g/mol. The highest BCUT2D eigenvalue weighted by Crippen LogP contribution is 2.43. The van der Waals surface area contributed by atoms with Crippen LogP contribution in [-0.4, -0.2) is 33.6 Å². The average Bonchev–Trinajstić information content (AvgIpc) is 3.13. The normalized spacial score (nSPS) is 17.5. The predicted octanol–water partition coefficient (Wildman–Crippen LogP) is 3.24. The number of amides is 1. The fraction of sp³-hybridized carbons (Fsp3) is 0.467. The topological polar surface area (TPSA) is 53.4 Å². The number of thiazole rings is 1. The zero-order chi connectivity index (χ0) is 17.5. The molecule has 1 aliphatic heterocycles. The molecule has 1 N–H and O–H groups in total. The van der Waals surface area contributed by atoms with Gasteiger partial charge in [0.1, 0.15) is 5.01 Å². The zero-order valence-electron chi connectivity index (χ0n) is 12.8. The highest BCUT2D eigenvalue weighted by atomic mass is 32.1. The fourth-order valence-corrected chi connectivity index (χ4v) is 4.44. The van der Waals surface area contributed by atoms with Crippen molar-refractivity contribution < 1.29 is 23.1 Å². The van der Waals surface area contributed by atoms with Crippen molar-refractivity contribution in [3.8, 4) is 0 Å². The molecule has 0 spiro atoms. The largest absolute Gasteiger partial charge is 0.424 e. The number of carbonyl (C=O) groups is 1. The van der Waals surface area contributed by atoms with Crippen molar-refractivity contribution in [3.63, 3.8) is 0 Å². The van der Waals surface area contributed by atoms with Gasteiger partial charge >= 0.3 is 6.18 Å². The highest BCUT2D eigenvalue weighted by molar-refractivity contribution is 7.10. The first-order valence-corrected chi connectivity index (χ1v) is 9.01. The number of hydrogen-bond acceptors (Lipinski definition) is 5. The van der Waals surface area contributed by atoms with Crippen molar-refractivity contribution in [1.29, 1.82) is 0 Å². The van der Waals surface area contributed by atoms with E-state index in [9.17, 15) is 23.1 Å². The SMILES string of the molecule is Cc1csc([C@@](O)(CC(=O)N2CCc3sccc3C2)C(F)(F)F)n1. The maximum absolute atomic E-state index is 13.5. The van der Waals surface area contributed by atoms with Crippen LogP contribution in [0.1, 0.15) is 27.6 Å². The lowest BCUT2D eigenvalue weighted by Crippen LogP contribution is -2.47. The summed E-state index contributed by atoms with van der Waals surface area (Å²) in [5.41, 5.74) is -1.91. The Hall–Kier alpha value is -1.45. The first kappa shape index (κ1) is 17.4. The van der Waals surface area contributed by atoms with E-state index in [2.05, 4.69) is 4.98 Å². The second kappa shape index (κ2) is 6.12. The van der Waals surface area contributed by atoms with Crippen molar-refractivity contribution in [2.45, 2.75) is 38.1 Å². The summed E-state index contributed by atoms with van der Waals surface area (Å²) in [5, 5.41) is 13.1.